The lowest BCUT2D eigenvalue weighted by Gasteiger charge is -2.44. The number of hydrogen-bond acceptors (Lipinski definition) is 7. The lowest BCUT2D eigenvalue weighted by molar-refractivity contribution is -0.185. The fraction of sp³-hybridized carbons (Fsp3) is 0.613. The Hall–Kier alpha value is -3.41. The molecule has 0 unspecified atom stereocenters. The topological polar surface area (TPSA) is 99.7 Å². The number of hydrogen-bond donors (Lipinski definition) is 2. The first kappa shape index (κ1) is 31.0. The van der Waals surface area contributed by atoms with Crippen molar-refractivity contribution in [2.45, 2.75) is 70.6 Å². The fourth-order valence-electron chi connectivity index (χ4n) is 6.53. The summed E-state index contributed by atoms with van der Waals surface area (Å²) in [6.45, 7) is 7.16. The van der Waals surface area contributed by atoms with Gasteiger partial charge in [0.2, 0.25) is 5.91 Å². The van der Waals surface area contributed by atoms with Crippen LogP contribution in [0.25, 0.3) is 11.3 Å². The van der Waals surface area contributed by atoms with Crippen LogP contribution in [-0.2, 0) is 4.79 Å². The Balaban J connectivity index is 1.41. The minimum atomic E-state index is -4.20. The van der Waals surface area contributed by atoms with Crippen molar-refractivity contribution in [1.29, 1.82) is 0 Å². The van der Waals surface area contributed by atoms with Crippen molar-refractivity contribution in [3.8, 4) is 17.0 Å². The molecular formula is C31H41F3N6O3. The molecule has 234 valence electrons. The van der Waals surface area contributed by atoms with Crippen molar-refractivity contribution < 1.29 is 27.5 Å². The van der Waals surface area contributed by atoms with Crippen LogP contribution in [0.5, 0.6) is 5.75 Å². The minimum Gasteiger partial charge on any atom is -0.492 e. The third-order valence-electron chi connectivity index (χ3n) is 8.93. The van der Waals surface area contributed by atoms with Crippen LogP contribution in [0.4, 0.5) is 18.9 Å². The zero-order valence-electron chi connectivity index (χ0n) is 24.8. The maximum absolute atomic E-state index is 13.8. The maximum atomic E-state index is 13.8. The Morgan fingerprint density at radius 2 is 1.93 bits per heavy atom. The largest absolute Gasteiger partial charge is 0.492 e. The molecule has 2 saturated heterocycles. The van der Waals surface area contributed by atoms with Crippen molar-refractivity contribution in [1.82, 2.24) is 25.5 Å². The highest BCUT2D eigenvalue weighted by molar-refractivity contribution is 5.99. The van der Waals surface area contributed by atoms with Crippen molar-refractivity contribution in [2.24, 2.45) is 11.8 Å². The van der Waals surface area contributed by atoms with Crippen molar-refractivity contribution in [3.05, 3.63) is 36.3 Å². The number of nitrogens with one attached hydrogen (secondary N) is 2. The molecule has 5 rings (SSSR count). The smallest absolute Gasteiger partial charge is 0.391 e. The highest BCUT2D eigenvalue weighted by atomic mass is 19.4. The van der Waals surface area contributed by atoms with E-state index in [9.17, 15) is 22.8 Å². The second-order valence-corrected chi connectivity index (χ2v) is 11.7. The third kappa shape index (κ3) is 7.05. The van der Waals surface area contributed by atoms with Gasteiger partial charge < -0.3 is 25.2 Å². The second kappa shape index (κ2) is 13.5. The van der Waals surface area contributed by atoms with Crippen LogP contribution in [0.15, 0.2) is 30.6 Å². The zero-order valence-corrected chi connectivity index (χ0v) is 24.8. The van der Waals surface area contributed by atoms with E-state index in [4.69, 9.17) is 9.72 Å². The summed E-state index contributed by atoms with van der Waals surface area (Å²) in [5.74, 6) is -1.49. The number of rotatable bonds is 8. The van der Waals surface area contributed by atoms with E-state index in [2.05, 4.69) is 20.5 Å². The first-order valence-corrected chi connectivity index (χ1v) is 15.4. The molecule has 3 aliphatic rings. The van der Waals surface area contributed by atoms with E-state index in [1.165, 1.54) is 0 Å². The monoisotopic (exact) mass is 602 g/mol. The molecule has 0 bridgehead atoms. The van der Waals surface area contributed by atoms with Crippen LogP contribution in [0.2, 0.25) is 0 Å². The van der Waals surface area contributed by atoms with Gasteiger partial charge in [-0.1, -0.05) is 6.92 Å². The summed E-state index contributed by atoms with van der Waals surface area (Å²) in [6.07, 6.45) is 1.22. The number of piperazine rings is 1. The van der Waals surface area contributed by atoms with Gasteiger partial charge in [0.05, 0.1) is 18.2 Å². The summed E-state index contributed by atoms with van der Waals surface area (Å²) < 4.78 is 45.6. The molecule has 1 aliphatic carbocycles. The fourth-order valence-corrected chi connectivity index (χ4v) is 6.53. The Morgan fingerprint density at radius 3 is 2.56 bits per heavy atom. The predicted octanol–water partition coefficient (Wildman–Crippen LogP) is 4.43. The number of alkyl halides is 3. The van der Waals surface area contributed by atoms with Gasteiger partial charge in [-0.3, -0.25) is 14.6 Å². The highest BCUT2D eigenvalue weighted by Gasteiger charge is 2.43. The van der Waals surface area contributed by atoms with Crippen LogP contribution < -0.4 is 20.3 Å². The van der Waals surface area contributed by atoms with Gasteiger partial charge in [-0.25, -0.2) is 4.98 Å². The molecule has 9 nitrogen and oxygen atoms in total. The molecular weight excluding hydrogens is 561 g/mol. The molecule has 43 heavy (non-hydrogen) atoms. The normalized spacial score (nSPS) is 24.6. The number of carbonyl (C=O) groups is 2. The van der Waals surface area contributed by atoms with E-state index in [1.807, 2.05) is 32.0 Å². The molecule has 2 amide bonds. The Bertz CT molecular complexity index is 1260. The molecule has 0 spiro atoms. The van der Waals surface area contributed by atoms with E-state index in [-0.39, 0.29) is 61.2 Å². The van der Waals surface area contributed by atoms with Gasteiger partial charge in [0.1, 0.15) is 11.4 Å². The summed E-state index contributed by atoms with van der Waals surface area (Å²) in [5.41, 5.74) is 2.20. The highest BCUT2D eigenvalue weighted by Crippen LogP contribution is 2.41. The Labute approximate surface area is 250 Å². The average molecular weight is 603 g/mol. The van der Waals surface area contributed by atoms with Crippen molar-refractivity contribution in [2.75, 3.05) is 44.2 Å². The molecule has 2 aromatic heterocycles. The van der Waals surface area contributed by atoms with Crippen LogP contribution >= 0.6 is 0 Å². The van der Waals surface area contributed by atoms with Crippen molar-refractivity contribution >= 4 is 17.5 Å². The molecule has 2 aliphatic heterocycles. The van der Waals surface area contributed by atoms with Crippen molar-refractivity contribution in [3.63, 3.8) is 0 Å². The standard InChI is InChI=1S/C31H41F3N6O3/c1-3-24-19-39(30(42)20-7-9-22(10-8-20)31(32,33)34)14-15-40(24)25-16-26(43-4-2)27(21-6-5-12-35-17-21)38-28(25)29(41)37-23-11-13-36-18-23/h5-6,12,16-17,20,22-24,36H,3-4,7-11,13-15,18-19H2,1-2H3,(H,37,41)/t20?,22?,23-,24-/m1/s1. The quantitative estimate of drug-likeness (QED) is 0.461. The summed E-state index contributed by atoms with van der Waals surface area (Å²) >= 11 is 0. The first-order chi connectivity index (χ1) is 20.7. The van der Waals surface area contributed by atoms with Gasteiger partial charge in [0, 0.05) is 68.2 Å². The van der Waals surface area contributed by atoms with Crippen LogP contribution in [0, 0.1) is 11.8 Å². The summed E-state index contributed by atoms with van der Waals surface area (Å²) in [5, 5.41) is 6.40. The summed E-state index contributed by atoms with van der Waals surface area (Å²) in [7, 11) is 0. The maximum Gasteiger partial charge on any atom is 0.391 e. The lowest BCUT2D eigenvalue weighted by Crippen LogP contribution is -2.56. The molecule has 4 heterocycles. The SMILES string of the molecule is CCOc1cc(N2CCN(C(=O)C3CCC(C(F)(F)F)CC3)C[C@H]2CC)c(C(=O)N[C@@H]2CCNC2)nc1-c1cccnc1. The zero-order chi connectivity index (χ0) is 30.6. The third-order valence-corrected chi connectivity index (χ3v) is 8.93. The molecule has 2 atom stereocenters. The number of aromatic nitrogens is 2. The first-order valence-electron chi connectivity index (χ1n) is 15.4. The van der Waals surface area contributed by atoms with Crippen LogP contribution in [0.3, 0.4) is 0 Å². The molecule has 0 aromatic carbocycles. The second-order valence-electron chi connectivity index (χ2n) is 11.7. The van der Waals surface area contributed by atoms with Crippen LogP contribution in [0.1, 0.15) is 62.9 Å². The molecule has 1 saturated carbocycles. The van der Waals surface area contributed by atoms with Gasteiger partial charge in [-0.15, -0.1) is 0 Å². The van der Waals surface area contributed by atoms with E-state index in [0.717, 1.165) is 18.5 Å². The average Bonchev–Trinajstić information content (AvgIpc) is 3.53. The number of carbonyl (C=O) groups excluding carboxylic acids is 2. The minimum absolute atomic E-state index is 0.000521. The number of anilines is 1. The summed E-state index contributed by atoms with van der Waals surface area (Å²) in [4.78, 5) is 40.3. The molecule has 0 radical (unpaired) electrons. The number of pyridine rings is 2. The Kier molecular flexibility index (Phi) is 9.73. The number of halogens is 3. The Morgan fingerprint density at radius 1 is 1.14 bits per heavy atom. The van der Waals surface area contributed by atoms with E-state index < -0.39 is 12.1 Å². The number of nitrogens with zero attached hydrogens (tertiary/aromatic N) is 4. The van der Waals surface area contributed by atoms with Gasteiger partial charge in [0.15, 0.2) is 5.69 Å². The molecule has 3 fully saturated rings. The molecule has 2 aromatic rings. The van der Waals surface area contributed by atoms with E-state index in [1.54, 1.807) is 17.3 Å². The van der Waals surface area contributed by atoms with Gasteiger partial charge in [-0.2, -0.15) is 13.2 Å². The lowest BCUT2D eigenvalue weighted by atomic mass is 9.81. The summed E-state index contributed by atoms with van der Waals surface area (Å²) in [6, 6.07) is 5.45. The van der Waals surface area contributed by atoms with E-state index >= 15 is 0 Å². The molecule has 2 N–H and O–H groups in total. The number of ether oxygens (including phenoxy) is 1. The molecule has 12 heteroatoms. The van der Waals surface area contributed by atoms with Crippen LogP contribution in [-0.4, -0.2) is 84.3 Å². The van der Waals surface area contributed by atoms with Gasteiger partial charge >= 0.3 is 6.18 Å². The van der Waals surface area contributed by atoms with Gasteiger partial charge in [-0.05, 0) is 64.1 Å². The van der Waals surface area contributed by atoms with Gasteiger partial charge in [0.25, 0.3) is 5.91 Å². The van der Waals surface area contributed by atoms with E-state index in [0.29, 0.717) is 56.3 Å². The number of amides is 2. The predicted molar refractivity (Wildman–Crippen MR) is 157 cm³/mol.